The molecule has 0 N–H and O–H groups in total. The van der Waals surface area contributed by atoms with Crippen molar-refractivity contribution in [2.75, 3.05) is 4.90 Å². The average Bonchev–Trinajstić information content (AvgIpc) is 3.66. The lowest BCUT2D eigenvalue weighted by atomic mass is 9.72. The Kier molecular flexibility index (Phi) is 7.33. The first kappa shape index (κ1) is 31.1. The molecule has 0 amide bonds. The van der Waals surface area contributed by atoms with Gasteiger partial charge in [-0.05, 0) is 111 Å². The molecular weight excluding hydrogens is 645 g/mol. The van der Waals surface area contributed by atoms with Crippen LogP contribution in [0.1, 0.15) is 18.9 Å². The van der Waals surface area contributed by atoms with Gasteiger partial charge in [-0.3, -0.25) is 0 Å². The Morgan fingerprint density at radius 2 is 1.15 bits per heavy atom. The maximum Gasteiger partial charge on any atom is 0.227 e. The molecule has 3 nitrogen and oxygen atoms in total. The smallest absolute Gasteiger partial charge is 0.227 e. The van der Waals surface area contributed by atoms with E-state index in [2.05, 4.69) is 170 Å². The van der Waals surface area contributed by atoms with Gasteiger partial charge in [0.1, 0.15) is 5.35 Å². The van der Waals surface area contributed by atoms with Crippen LogP contribution in [0.3, 0.4) is 0 Å². The number of fused-ring (bicyclic) bond motifs is 4. The van der Waals surface area contributed by atoms with Crippen LogP contribution in [-0.2, 0) is 0 Å². The van der Waals surface area contributed by atoms with Gasteiger partial charge in [-0.15, -0.1) is 0 Å². The molecule has 0 spiro atoms. The monoisotopic (exact) mass is 680 g/mol. The minimum Gasteiger partial charge on any atom is -0.436 e. The minimum absolute atomic E-state index is 0.190. The van der Waals surface area contributed by atoms with Gasteiger partial charge in [0.2, 0.25) is 5.89 Å². The summed E-state index contributed by atoms with van der Waals surface area (Å²) in [7, 11) is 0. The van der Waals surface area contributed by atoms with Gasteiger partial charge in [0.15, 0.2) is 5.42 Å². The predicted molar refractivity (Wildman–Crippen MR) is 220 cm³/mol. The molecule has 8 aromatic rings. The van der Waals surface area contributed by atoms with Crippen LogP contribution < -0.4 is 15.7 Å². The number of hydrogen-bond donors (Lipinski definition) is 0. The molecule has 1 unspecified atom stereocenters. The number of rotatable bonds is 6. The van der Waals surface area contributed by atoms with Crippen molar-refractivity contribution in [3.8, 4) is 22.6 Å². The fourth-order valence-electron chi connectivity index (χ4n) is 7.94. The first-order valence-corrected chi connectivity index (χ1v) is 18.2. The van der Waals surface area contributed by atoms with Crippen LogP contribution in [0.2, 0.25) is 0 Å². The first-order valence-electron chi connectivity index (χ1n) is 18.2. The molecule has 1 atom stereocenters. The van der Waals surface area contributed by atoms with Gasteiger partial charge < -0.3 is 9.32 Å². The highest BCUT2D eigenvalue weighted by molar-refractivity contribution is 5.94. The Hall–Kier alpha value is -6.71. The second kappa shape index (κ2) is 12.5. The van der Waals surface area contributed by atoms with Gasteiger partial charge >= 0.3 is 0 Å². The molecule has 252 valence electrons. The number of oxazole rings is 1. The first-order chi connectivity index (χ1) is 26.1. The van der Waals surface area contributed by atoms with Crippen LogP contribution in [0, 0.1) is 5.41 Å². The highest BCUT2D eigenvalue weighted by Crippen LogP contribution is 2.43. The van der Waals surface area contributed by atoms with E-state index in [9.17, 15) is 0 Å². The molecule has 2 aliphatic rings. The van der Waals surface area contributed by atoms with Crippen molar-refractivity contribution in [3.05, 3.63) is 198 Å². The molecule has 0 saturated carbocycles. The lowest BCUT2D eigenvalue weighted by molar-refractivity contribution is 0.508. The Bertz CT molecular complexity index is 2860. The SMILES string of the molecule is CC12C=C(c3ccc4ccc(N(c5ccccc5)c5ccc(-c6ccc7ccccc7c6)cc5)cc4c3)C=CC1=c1oc(-c3ccccc3)nc1=CC2. The summed E-state index contributed by atoms with van der Waals surface area (Å²) in [5.41, 5.74) is 11.0. The second-order valence-electron chi connectivity index (χ2n) is 14.3. The molecule has 10 rings (SSSR count). The molecule has 0 aliphatic heterocycles. The van der Waals surface area contributed by atoms with Gasteiger partial charge in [-0.1, -0.05) is 134 Å². The Labute approximate surface area is 308 Å². The topological polar surface area (TPSA) is 29.3 Å². The molecule has 0 fully saturated rings. The van der Waals surface area contributed by atoms with Crippen LogP contribution >= 0.6 is 0 Å². The highest BCUT2D eigenvalue weighted by atomic mass is 16.3. The van der Waals surface area contributed by atoms with Gasteiger partial charge in [0.25, 0.3) is 0 Å². The van der Waals surface area contributed by atoms with E-state index in [-0.39, 0.29) is 5.41 Å². The number of para-hydroxylation sites is 1. The third-order valence-corrected chi connectivity index (χ3v) is 10.8. The second-order valence-corrected chi connectivity index (χ2v) is 14.3. The number of hydrogen-bond acceptors (Lipinski definition) is 3. The summed E-state index contributed by atoms with van der Waals surface area (Å²) in [6.07, 6.45) is 9.97. The fourth-order valence-corrected chi connectivity index (χ4v) is 7.94. The summed E-state index contributed by atoms with van der Waals surface area (Å²) in [6, 6.07) is 58.5. The van der Waals surface area contributed by atoms with Gasteiger partial charge in [-0.2, -0.15) is 0 Å². The van der Waals surface area contributed by atoms with Crippen molar-refractivity contribution >= 4 is 55.8 Å². The Morgan fingerprint density at radius 1 is 0.528 bits per heavy atom. The summed E-state index contributed by atoms with van der Waals surface area (Å²) in [4.78, 5) is 7.19. The quantitative estimate of drug-likeness (QED) is 0.175. The zero-order valence-corrected chi connectivity index (χ0v) is 29.4. The third-order valence-electron chi connectivity index (χ3n) is 10.8. The van der Waals surface area contributed by atoms with Crippen molar-refractivity contribution in [3.63, 3.8) is 0 Å². The van der Waals surface area contributed by atoms with Crippen LogP contribution in [-0.4, -0.2) is 4.98 Å². The summed E-state index contributed by atoms with van der Waals surface area (Å²) in [5, 5.41) is 5.85. The molecule has 1 aromatic heterocycles. The van der Waals surface area contributed by atoms with E-state index < -0.39 is 0 Å². The van der Waals surface area contributed by atoms with Crippen molar-refractivity contribution in [1.82, 2.24) is 4.98 Å². The largest absolute Gasteiger partial charge is 0.436 e. The zero-order valence-electron chi connectivity index (χ0n) is 29.4. The normalized spacial score (nSPS) is 16.2. The van der Waals surface area contributed by atoms with Crippen molar-refractivity contribution < 1.29 is 4.42 Å². The van der Waals surface area contributed by atoms with Crippen molar-refractivity contribution in [2.24, 2.45) is 5.41 Å². The van der Waals surface area contributed by atoms with Crippen molar-refractivity contribution in [1.29, 1.82) is 0 Å². The molecular formula is C50H36N2O. The maximum atomic E-state index is 6.41. The van der Waals surface area contributed by atoms with Gasteiger partial charge in [0, 0.05) is 33.6 Å². The van der Waals surface area contributed by atoms with E-state index in [0.717, 1.165) is 39.8 Å². The Balaban J connectivity index is 0.999. The molecule has 53 heavy (non-hydrogen) atoms. The van der Waals surface area contributed by atoms with Crippen LogP contribution in [0.15, 0.2) is 186 Å². The number of allylic oxidation sites excluding steroid dienone is 4. The highest BCUT2D eigenvalue weighted by Gasteiger charge is 2.32. The maximum absolute atomic E-state index is 6.41. The number of nitrogens with zero attached hydrogens (tertiary/aromatic N) is 2. The summed E-state index contributed by atoms with van der Waals surface area (Å²) >= 11 is 0. The van der Waals surface area contributed by atoms with Gasteiger partial charge in [0.05, 0.1) is 0 Å². The number of aromatic nitrogens is 1. The van der Waals surface area contributed by atoms with Gasteiger partial charge in [-0.25, -0.2) is 4.98 Å². The lowest BCUT2D eigenvalue weighted by Crippen LogP contribution is -2.35. The molecule has 1 heterocycles. The molecule has 0 bridgehead atoms. The van der Waals surface area contributed by atoms with E-state index in [1.54, 1.807) is 0 Å². The molecule has 0 saturated heterocycles. The van der Waals surface area contributed by atoms with Crippen molar-refractivity contribution in [2.45, 2.75) is 13.3 Å². The number of benzene rings is 7. The lowest BCUT2D eigenvalue weighted by Gasteiger charge is -2.31. The zero-order chi connectivity index (χ0) is 35.4. The van der Waals surface area contributed by atoms with E-state index in [0.29, 0.717) is 5.89 Å². The summed E-state index contributed by atoms with van der Waals surface area (Å²) in [6.45, 7) is 2.30. The van der Waals surface area contributed by atoms with Crippen LogP contribution in [0.5, 0.6) is 0 Å². The van der Waals surface area contributed by atoms with E-state index in [1.807, 2.05) is 30.3 Å². The summed E-state index contributed by atoms with van der Waals surface area (Å²) < 4.78 is 6.41. The average molecular weight is 681 g/mol. The molecule has 2 aliphatic carbocycles. The fraction of sp³-hybridized carbons (Fsp3) is 0.0600. The third kappa shape index (κ3) is 5.58. The van der Waals surface area contributed by atoms with Crippen LogP contribution in [0.4, 0.5) is 17.1 Å². The summed E-state index contributed by atoms with van der Waals surface area (Å²) in [5.74, 6) is 0.669. The molecule has 3 heteroatoms. The predicted octanol–water partition coefficient (Wildman–Crippen LogP) is 11.8. The van der Waals surface area contributed by atoms with Crippen LogP contribution in [0.25, 0.3) is 61.3 Å². The Morgan fingerprint density at radius 3 is 1.96 bits per heavy atom. The molecule has 7 aromatic carbocycles. The minimum atomic E-state index is -0.190. The molecule has 0 radical (unpaired) electrons. The van der Waals surface area contributed by atoms with E-state index >= 15 is 0 Å². The van der Waals surface area contributed by atoms with E-state index in [1.165, 1.54) is 49.4 Å². The van der Waals surface area contributed by atoms with E-state index in [4.69, 9.17) is 9.40 Å². The standard InChI is InChI=1S/C50H36N2O/c1-50-29-28-47-48(53-49(51-47)37-11-4-2-5-12-37)46(50)27-23-41(33-50)40-19-17-36-22-26-45(32-42(36)31-40)52(43-14-6-3-7-15-43)44-24-20-35(21-25-44)39-18-16-34-10-8-9-13-38(34)30-39/h2-28,30-33H,29H2,1H3. The number of anilines is 3.